The summed E-state index contributed by atoms with van der Waals surface area (Å²) >= 11 is 0. The van der Waals surface area contributed by atoms with Crippen LogP contribution in [0.2, 0.25) is 0 Å². The summed E-state index contributed by atoms with van der Waals surface area (Å²) in [5, 5.41) is 16.0. The van der Waals surface area contributed by atoms with Gasteiger partial charge in [-0.05, 0) is 42.7 Å². The maximum Gasteiger partial charge on any atom is 0.120 e. The summed E-state index contributed by atoms with van der Waals surface area (Å²) in [6.07, 6.45) is 2.45. The predicted octanol–water partition coefficient (Wildman–Crippen LogP) is 2.72. The van der Waals surface area contributed by atoms with Crippen LogP contribution in [0, 0.1) is 0 Å². The van der Waals surface area contributed by atoms with Gasteiger partial charge < -0.3 is 15.2 Å². The van der Waals surface area contributed by atoms with Crippen LogP contribution in [-0.4, -0.2) is 29.9 Å². The highest BCUT2D eigenvalue weighted by molar-refractivity contribution is 5.83. The lowest BCUT2D eigenvalue weighted by Gasteiger charge is -2.24. The molecule has 0 heterocycles. The van der Waals surface area contributed by atoms with Crippen LogP contribution in [0.1, 0.15) is 19.8 Å². The Kier molecular flexibility index (Phi) is 3.64. The quantitative estimate of drug-likeness (QED) is 0.849. The van der Waals surface area contributed by atoms with Crippen molar-refractivity contribution in [2.45, 2.75) is 31.4 Å². The van der Waals surface area contributed by atoms with E-state index in [1.54, 1.807) is 0 Å². The second-order valence-electron chi connectivity index (χ2n) is 5.95. The topological polar surface area (TPSA) is 41.5 Å². The van der Waals surface area contributed by atoms with Gasteiger partial charge >= 0.3 is 0 Å². The van der Waals surface area contributed by atoms with Crippen LogP contribution in [0.3, 0.4) is 0 Å². The van der Waals surface area contributed by atoms with Gasteiger partial charge in [0.05, 0.1) is 0 Å². The fourth-order valence-corrected chi connectivity index (χ4v) is 2.20. The molecule has 0 saturated heterocycles. The Morgan fingerprint density at radius 3 is 2.70 bits per heavy atom. The third kappa shape index (κ3) is 3.50. The number of aliphatic hydroxyl groups is 1. The first-order valence-corrected chi connectivity index (χ1v) is 7.20. The summed E-state index contributed by atoms with van der Waals surface area (Å²) in [6.45, 7) is 2.68. The zero-order chi connectivity index (χ0) is 14.0. The van der Waals surface area contributed by atoms with E-state index >= 15 is 0 Å². The fourth-order valence-electron chi connectivity index (χ4n) is 2.20. The average Bonchev–Trinajstić information content (AvgIpc) is 3.27. The maximum atomic E-state index is 10.3. The van der Waals surface area contributed by atoms with Gasteiger partial charge in [-0.1, -0.05) is 30.3 Å². The van der Waals surface area contributed by atoms with Crippen molar-refractivity contribution in [1.82, 2.24) is 5.32 Å². The lowest BCUT2D eigenvalue weighted by molar-refractivity contribution is 0.0120. The molecule has 1 unspecified atom stereocenters. The highest BCUT2D eigenvalue weighted by Crippen LogP contribution is 2.22. The molecule has 2 aromatic carbocycles. The highest BCUT2D eigenvalue weighted by Gasteiger charge is 2.27. The average molecular weight is 271 g/mol. The zero-order valence-corrected chi connectivity index (χ0v) is 11.8. The normalized spacial score (nSPS) is 17.9. The molecule has 106 valence electrons. The largest absolute Gasteiger partial charge is 0.491 e. The summed E-state index contributed by atoms with van der Waals surface area (Å²) < 4.78 is 5.74. The summed E-state index contributed by atoms with van der Waals surface area (Å²) in [5.41, 5.74) is -0.839. The van der Waals surface area contributed by atoms with Gasteiger partial charge in [0.15, 0.2) is 0 Å². The second-order valence-corrected chi connectivity index (χ2v) is 5.95. The van der Waals surface area contributed by atoms with Gasteiger partial charge in [-0.2, -0.15) is 0 Å². The number of fused-ring (bicyclic) bond motifs is 1. The molecule has 1 aliphatic rings. The minimum atomic E-state index is -0.839. The van der Waals surface area contributed by atoms with Crippen LogP contribution in [0.5, 0.6) is 5.75 Å². The van der Waals surface area contributed by atoms with Crippen molar-refractivity contribution in [1.29, 1.82) is 0 Å². The van der Waals surface area contributed by atoms with Crippen molar-refractivity contribution >= 4 is 10.8 Å². The number of ether oxygens (including phenoxy) is 1. The molecule has 1 fully saturated rings. The fraction of sp³-hybridized carbons (Fsp3) is 0.412. The van der Waals surface area contributed by atoms with E-state index in [0.29, 0.717) is 19.2 Å². The molecule has 3 nitrogen and oxygen atoms in total. The molecular formula is C17H21NO2. The Labute approximate surface area is 119 Å². The molecule has 2 aromatic rings. The molecule has 0 bridgehead atoms. The van der Waals surface area contributed by atoms with Gasteiger partial charge in [-0.15, -0.1) is 0 Å². The first kappa shape index (κ1) is 13.4. The minimum absolute atomic E-state index is 0.297. The van der Waals surface area contributed by atoms with Crippen molar-refractivity contribution < 1.29 is 9.84 Å². The van der Waals surface area contributed by atoms with E-state index in [1.807, 2.05) is 37.3 Å². The van der Waals surface area contributed by atoms with Gasteiger partial charge in [0, 0.05) is 12.6 Å². The van der Waals surface area contributed by atoms with E-state index < -0.39 is 5.60 Å². The Bertz CT molecular complexity index is 590. The van der Waals surface area contributed by atoms with Crippen molar-refractivity contribution in [2.24, 2.45) is 0 Å². The van der Waals surface area contributed by atoms with Gasteiger partial charge in [-0.25, -0.2) is 0 Å². The van der Waals surface area contributed by atoms with Gasteiger partial charge in [-0.3, -0.25) is 0 Å². The molecule has 0 aliphatic heterocycles. The number of benzene rings is 2. The monoisotopic (exact) mass is 271 g/mol. The molecule has 0 radical (unpaired) electrons. The number of hydrogen-bond acceptors (Lipinski definition) is 3. The van der Waals surface area contributed by atoms with Gasteiger partial charge in [0.2, 0.25) is 0 Å². The van der Waals surface area contributed by atoms with E-state index in [9.17, 15) is 5.11 Å². The van der Waals surface area contributed by atoms with Crippen LogP contribution in [-0.2, 0) is 0 Å². The molecule has 1 saturated carbocycles. The molecule has 1 aliphatic carbocycles. The minimum Gasteiger partial charge on any atom is -0.491 e. The number of nitrogens with one attached hydrogen (secondary N) is 1. The molecule has 0 spiro atoms. The van der Waals surface area contributed by atoms with E-state index in [2.05, 4.69) is 17.4 Å². The molecular weight excluding hydrogens is 250 g/mol. The van der Waals surface area contributed by atoms with E-state index in [0.717, 1.165) is 11.1 Å². The smallest absolute Gasteiger partial charge is 0.120 e. The van der Waals surface area contributed by atoms with E-state index in [4.69, 9.17) is 4.74 Å². The number of hydrogen-bond donors (Lipinski definition) is 2. The first-order chi connectivity index (χ1) is 9.62. The summed E-state index contributed by atoms with van der Waals surface area (Å²) in [7, 11) is 0. The summed E-state index contributed by atoms with van der Waals surface area (Å²) in [5.74, 6) is 0.801. The van der Waals surface area contributed by atoms with Crippen LogP contribution in [0.4, 0.5) is 0 Å². The molecule has 3 rings (SSSR count). The number of rotatable bonds is 6. The van der Waals surface area contributed by atoms with Crippen molar-refractivity contribution in [2.75, 3.05) is 13.2 Å². The Balaban J connectivity index is 1.60. The zero-order valence-electron chi connectivity index (χ0n) is 11.8. The Hall–Kier alpha value is -1.58. The molecule has 0 aromatic heterocycles. The third-order valence-electron chi connectivity index (χ3n) is 3.62. The van der Waals surface area contributed by atoms with Crippen LogP contribution < -0.4 is 10.1 Å². The SMILES string of the molecule is CC(O)(CNC1CC1)COc1ccc2ccccc2c1. The third-order valence-corrected chi connectivity index (χ3v) is 3.62. The van der Waals surface area contributed by atoms with Crippen molar-refractivity contribution in [3.63, 3.8) is 0 Å². The van der Waals surface area contributed by atoms with Crippen molar-refractivity contribution in [3.8, 4) is 5.75 Å². The van der Waals surface area contributed by atoms with Gasteiger partial charge in [0.25, 0.3) is 0 Å². The lowest BCUT2D eigenvalue weighted by atomic mass is 10.1. The molecule has 2 N–H and O–H groups in total. The molecule has 20 heavy (non-hydrogen) atoms. The van der Waals surface area contributed by atoms with E-state index in [1.165, 1.54) is 18.2 Å². The first-order valence-electron chi connectivity index (χ1n) is 7.20. The van der Waals surface area contributed by atoms with Crippen LogP contribution >= 0.6 is 0 Å². The standard InChI is InChI=1S/C17H21NO2/c1-17(19,11-18-15-7-8-15)12-20-16-9-6-13-4-2-3-5-14(13)10-16/h2-6,9-10,15,18-19H,7-8,11-12H2,1H3. The van der Waals surface area contributed by atoms with Crippen LogP contribution in [0.15, 0.2) is 42.5 Å². The van der Waals surface area contributed by atoms with Crippen LogP contribution in [0.25, 0.3) is 10.8 Å². The molecule has 1 atom stereocenters. The Morgan fingerprint density at radius 1 is 1.20 bits per heavy atom. The van der Waals surface area contributed by atoms with Gasteiger partial charge in [0.1, 0.15) is 18.0 Å². The highest BCUT2D eigenvalue weighted by atomic mass is 16.5. The second kappa shape index (κ2) is 5.43. The summed E-state index contributed by atoms with van der Waals surface area (Å²) in [6, 6.07) is 14.8. The van der Waals surface area contributed by atoms with E-state index in [-0.39, 0.29) is 0 Å². The van der Waals surface area contributed by atoms with Crippen molar-refractivity contribution in [3.05, 3.63) is 42.5 Å². The molecule has 3 heteroatoms. The molecule has 0 amide bonds. The Morgan fingerprint density at radius 2 is 1.95 bits per heavy atom. The summed E-state index contributed by atoms with van der Waals surface area (Å²) in [4.78, 5) is 0. The lowest BCUT2D eigenvalue weighted by Crippen LogP contribution is -2.43. The maximum absolute atomic E-state index is 10.3. The predicted molar refractivity (Wildman–Crippen MR) is 81.1 cm³/mol.